The van der Waals surface area contributed by atoms with Crippen LogP contribution in [0.1, 0.15) is 16.3 Å². The first-order valence-corrected chi connectivity index (χ1v) is 6.74. The highest BCUT2D eigenvalue weighted by Crippen LogP contribution is 2.17. The van der Waals surface area contributed by atoms with E-state index in [1.165, 1.54) is 5.56 Å². The Morgan fingerprint density at radius 2 is 2.00 bits per heavy atom. The second-order valence-corrected chi connectivity index (χ2v) is 5.37. The molecule has 84 valence electrons. The average Bonchev–Trinajstić information content (AvgIpc) is 2.70. The number of hydrogen-bond acceptors (Lipinski definition) is 3. The van der Waals surface area contributed by atoms with Gasteiger partial charge in [0.25, 0.3) is 0 Å². The maximum Gasteiger partial charge on any atom is 0.0972 e. The molecule has 0 unspecified atom stereocenters. The fourth-order valence-corrected chi connectivity index (χ4v) is 2.56. The largest absolute Gasteiger partial charge is 0.396 e. The lowest BCUT2D eigenvalue weighted by molar-refractivity contribution is 0.298. The molecule has 0 amide bonds. The molecule has 16 heavy (non-hydrogen) atoms. The minimum atomic E-state index is 0.168. The number of nitrogens with zero attached hydrogens (tertiary/aromatic N) is 1. The third-order valence-electron chi connectivity index (χ3n) is 2.24. The molecule has 0 bridgehead atoms. The zero-order chi connectivity index (χ0) is 11.4. The van der Waals surface area contributed by atoms with Gasteiger partial charge in [-0.25, -0.2) is 4.98 Å². The van der Waals surface area contributed by atoms with Gasteiger partial charge in [-0.05, 0) is 17.7 Å². The molecule has 0 fully saturated rings. The lowest BCUT2D eigenvalue weighted by atomic mass is 10.2. The summed E-state index contributed by atoms with van der Waals surface area (Å²) in [5.41, 5.74) is 2.24. The molecule has 4 heteroatoms. The van der Waals surface area contributed by atoms with E-state index in [-0.39, 0.29) is 6.61 Å². The molecule has 1 N–H and O–H groups in total. The predicted molar refractivity (Wildman–Crippen MR) is 69.9 cm³/mol. The monoisotopic (exact) mass is 297 g/mol. The molecule has 1 aromatic carbocycles. The summed E-state index contributed by atoms with van der Waals surface area (Å²) in [5.74, 6) is 0. The summed E-state index contributed by atoms with van der Waals surface area (Å²) in [7, 11) is 0. The number of hydrogen-bond donors (Lipinski definition) is 1. The van der Waals surface area contributed by atoms with Gasteiger partial charge in [-0.15, -0.1) is 11.3 Å². The summed E-state index contributed by atoms with van der Waals surface area (Å²) in [6, 6.07) is 8.27. The Morgan fingerprint density at radius 1 is 1.25 bits per heavy atom. The highest BCUT2D eigenvalue weighted by Gasteiger charge is 2.02. The molecular weight excluding hydrogens is 286 g/mol. The second kappa shape index (κ2) is 5.57. The molecule has 2 aromatic rings. The van der Waals surface area contributed by atoms with Crippen LogP contribution in [0.3, 0.4) is 0 Å². The van der Waals surface area contributed by atoms with E-state index in [9.17, 15) is 0 Å². The average molecular weight is 298 g/mol. The Labute approximate surface area is 107 Å². The van der Waals surface area contributed by atoms with Gasteiger partial charge in [0.05, 0.1) is 10.7 Å². The van der Waals surface area contributed by atoms with Gasteiger partial charge in [0.15, 0.2) is 0 Å². The first kappa shape index (κ1) is 11.8. The Hall–Kier alpha value is -0.710. The van der Waals surface area contributed by atoms with Crippen LogP contribution in [0.15, 0.2) is 34.1 Å². The van der Waals surface area contributed by atoms with E-state index in [1.807, 2.05) is 17.5 Å². The summed E-state index contributed by atoms with van der Waals surface area (Å²) in [6.07, 6.45) is 1.51. The molecule has 0 saturated heterocycles. The van der Waals surface area contributed by atoms with E-state index in [4.69, 9.17) is 5.11 Å². The van der Waals surface area contributed by atoms with Crippen LogP contribution in [0.2, 0.25) is 0 Å². The Bertz CT molecular complexity index is 452. The van der Waals surface area contributed by atoms with Crippen molar-refractivity contribution in [3.8, 4) is 0 Å². The number of halogens is 1. The van der Waals surface area contributed by atoms with Crippen molar-refractivity contribution in [2.45, 2.75) is 12.8 Å². The van der Waals surface area contributed by atoms with Crippen molar-refractivity contribution in [1.82, 2.24) is 4.98 Å². The molecule has 0 aliphatic carbocycles. The van der Waals surface area contributed by atoms with Gasteiger partial charge < -0.3 is 5.11 Å². The molecule has 1 heterocycles. The van der Waals surface area contributed by atoms with Crippen molar-refractivity contribution in [2.75, 3.05) is 6.61 Å². The van der Waals surface area contributed by atoms with Crippen LogP contribution >= 0.6 is 27.3 Å². The van der Waals surface area contributed by atoms with E-state index < -0.39 is 0 Å². The maximum atomic E-state index is 8.81. The van der Waals surface area contributed by atoms with Crippen molar-refractivity contribution in [2.24, 2.45) is 0 Å². The van der Waals surface area contributed by atoms with E-state index >= 15 is 0 Å². The molecule has 0 aliphatic heterocycles. The van der Waals surface area contributed by atoms with Crippen molar-refractivity contribution >= 4 is 27.3 Å². The summed E-state index contributed by atoms with van der Waals surface area (Å²) < 4.78 is 1.09. The van der Waals surface area contributed by atoms with Crippen molar-refractivity contribution in [3.05, 3.63) is 50.4 Å². The molecular formula is C12H12BrNOS. The Kier molecular flexibility index (Phi) is 4.09. The fraction of sp³-hybridized carbons (Fsp3) is 0.250. The lowest BCUT2D eigenvalue weighted by Crippen LogP contribution is -1.92. The second-order valence-electron chi connectivity index (χ2n) is 3.51. The van der Waals surface area contributed by atoms with Gasteiger partial charge in [0.1, 0.15) is 0 Å². The van der Waals surface area contributed by atoms with Crippen LogP contribution in [-0.2, 0) is 12.8 Å². The molecule has 0 aliphatic rings. The number of benzene rings is 1. The van der Waals surface area contributed by atoms with Crippen molar-refractivity contribution in [3.63, 3.8) is 0 Å². The normalized spacial score (nSPS) is 10.6. The van der Waals surface area contributed by atoms with Crippen molar-refractivity contribution < 1.29 is 5.11 Å². The number of aliphatic hydroxyl groups excluding tert-OH is 1. The first-order chi connectivity index (χ1) is 7.78. The van der Waals surface area contributed by atoms with Crippen molar-refractivity contribution in [1.29, 1.82) is 0 Å². The minimum absolute atomic E-state index is 0.168. The molecule has 2 nitrogen and oxygen atoms in total. The summed E-state index contributed by atoms with van der Waals surface area (Å²) >= 11 is 5.07. The van der Waals surface area contributed by atoms with Gasteiger partial charge >= 0.3 is 0 Å². The van der Waals surface area contributed by atoms with Gasteiger partial charge in [0.2, 0.25) is 0 Å². The molecule has 1 aromatic heterocycles. The number of rotatable bonds is 4. The topological polar surface area (TPSA) is 33.1 Å². The van der Waals surface area contributed by atoms with Crippen LogP contribution in [0.5, 0.6) is 0 Å². The Balaban J connectivity index is 2.05. The molecule has 2 rings (SSSR count). The van der Waals surface area contributed by atoms with Crippen LogP contribution in [0.25, 0.3) is 0 Å². The summed E-state index contributed by atoms with van der Waals surface area (Å²) in [6.45, 7) is 0.168. The number of aliphatic hydroxyl groups is 1. The van der Waals surface area contributed by atoms with Gasteiger partial charge in [0, 0.05) is 29.3 Å². The van der Waals surface area contributed by atoms with Gasteiger partial charge in [-0.3, -0.25) is 0 Å². The summed E-state index contributed by atoms with van der Waals surface area (Å²) in [4.78, 5) is 4.46. The molecule has 0 spiro atoms. The van der Waals surface area contributed by atoms with Crippen LogP contribution in [0.4, 0.5) is 0 Å². The zero-order valence-corrected chi connectivity index (χ0v) is 11.1. The van der Waals surface area contributed by atoms with E-state index in [0.29, 0.717) is 6.42 Å². The predicted octanol–water partition coefficient (Wildman–Crippen LogP) is 3.03. The van der Waals surface area contributed by atoms with Crippen LogP contribution in [0, 0.1) is 0 Å². The third-order valence-corrected chi connectivity index (χ3v) is 3.66. The maximum absolute atomic E-state index is 8.81. The molecule has 0 radical (unpaired) electrons. The highest BCUT2D eigenvalue weighted by atomic mass is 79.9. The summed E-state index contributed by atoms with van der Waals surface area (Å²) in [5, 5.41) is 11.9. The molecule has 0 atom stereocenters. The fourth-order valence-electron chi connectivity index (χ4n) is 1.44. The van der Waals surface area contributed by atoms with E-state index in [2.05, 4.69) is 33.0 Å². The SMILES string of the molecule is OCCc1csc(Cc2ccc(Br)cc2)n1. The smallest absolute Gasteiger partial charge is 0.0972 e. The first-order valence-electron chi connectivity index (χ1n) is 5.06. The standard InChI is InChI=1S/C12H12BrNOS/c13-10-3-1-9(2-4-10)7-12-14-11(5-6-15)8-16-12/h1-4,8,15H,5-7H2. The van der Waals surface area contributed by atoms with Gasteiger partial charge in [-0.2, -0.15) is 0 Å². The third kappa shape index (κ3) is 3.14. The van der Waals surface area contributed by atoms with Crippen LogP contribution < -0.4 is 0 Å². The quantitative estimate of drug-likeness (QED) is 0.941. The highest BCUT2D eigenvalue weighted by molar-refractivity contribution is 9.10. The van der Waals surface area contributed by atoms with E-state index in [0.717, 1.165) is 21.6 Å². The lowest BCUT2D eigenvalue weighted by Gasteiger charge is -1.97. The van der Waals surface area contributed by atoms with E-state index in [1.54, 1.807) is 11.3 Å². The zero-order valence-electron chi connectivity index (χ0n) is 8.69. The Morgan fingerprint density at radius 3 is 2.69 bits per heavy atom. The van der Waals surface area contributed by atoms with Crippen LogP contribution in [-0.4, -0.2) is 16.7 Å². The number of thiazole rings is 1. The molecule has 0 saturated carbocycles. The van der Waals surface area contributed by atoms with Gasteiger partial charge in [-0.1, -0.05) is 28.1 Å². The number of aromatic nitrogens is 1. The minimum Gasteiger partial charge on any atom is -0.396 e.